The van der Waals surface area contributed by atoms with Gasteiger partial charge in [0.15, 0.2) is 5.78 Å². The zero-order valence-electron chi connectivity index (χ0n) is 16.7. The Bertz CT molecular complexity index is 799. The van der Waals surface area contributed by atoms with Crippen LogP contribution in [-0.4, -0.2) is 48.5 Å². The fraction of sp³-hybridized carbons (Fsp3) is 0.500. The SMILES string of the molecule is CC(=O)NCC(=O)OC(C)OC(=O)N(C)[C@]1(c2ccccc2Cl)CCCCC1=O. The topological polar surface area (TPSA) is 102 Å². The number of rotatable bonds is 6. The molecule has 1 unspecified atom stereocenters. The summed E-state index contributed by atoms with van der Waals surface area (Å²) in [7, 11) is 1.47. The molecule has 1 aromatic rings. The second-order valence-corrected chi connectivity index (χ2v) is 7.29. The number of esters is 1. The molecular formula is C20H25ClN2O6. The van der Waals surface area contributed by atoms with Gasteiger partial charge in [-0.25, -0.2) is 4.79 Å². The van der Waals surface area contributed by atoms with Crippen LogP contribution >= 0.6 is 11.6 Å². The van der Waals surface area contributed by atoms with Gasteiger partial charge in [0.05, 0.1) is 0 Å². The minimum Gasteiger partial charge on any atom is -0.424 e. The minimum absolute atomic E-state index is 0.119. The molecule has 9 heteroatoms. The first kappa shape index (κ1) is 22.7. The molecule has 8 nitrogen and oxygen atoms in total. The number of carbonyl (C=O) groups is 4. The molecule has 0 radical (unpaired) electrons. The normalized spacial score (nSPS) is 19.8. The van der Waals surface area contributed by atoms with E-state index < -0.39 is 23.9 Å². The summed E-state index contributed by atoms with van der Waals surface area (Å²) in [5, 5.41) is 2.68. The minimum atomic E-state index is -1.24. The number of likely N-dealkylation sites (N-methyl/N-ethyl adjacent to an activating group) is 1. The van der Waals surface area contributed by atoms with Gasteiger partial charge in [-0.2, -0.15) is 0 Å². The predicted octanol–water partition coefficient (Wildman–Crippen LogP) is 2.77. The summed E-state index contributed by atoms with van der Waals surface area (Å²) in [5.74, 6) is -1.26. The van der Waals surface area contributed by atoms with Gasteiger partial charge in [-0.05, 0) is 25.3 Å². The van der Waals surface area contributed by atoms with E-state index in [4.69, 9.17) is 21.1 Å². The van der Waals surface area contributed by atoms with E-state index >= 15 is 0 Å². The van der Waals surface area contributed by atoms with Crippen LogP contribution in [0.1, 0.15) is 45.1 Å². The van der Waals surface area contributed by atoms with E-state index in [2.05, 4.69) is 5.32 Å². The number of Topliss-reactive ketones (excluding diaryl/α,β-unsaturated/α-hetero) is 1. The van der Waals surface area contributed by atoms with Gasteiger partial charge in [-0.1, -0.05) is 29.8 Å². The molecule has 1 aliphatic rings. The smallest absolute Gasteiger partial charge is 0.413 e. The lowest BCUT2D eigenvalue weighted by atomic mass is 9.74. The summed E-state index contributed by atoms with van der Waals surface area (Å²) in [6.07, 6.45) is 0.205. The summed E-state index contributed by atoms with van der Waals surface area (Å²) in [6.45, 7) is 2.30. The predicted molar refractivity (Wildman–Crippen MR) is 105 cm³/mol. The Morgan fingerprint density at radius 1 is 1.24 bits per heavy atom. The number of ketones is 1. The molecule has 1 N–H and O–H groups in total. The molecule has 0 heterocycles. The monoisotopic (exact) mass is 424 g/mol. The highest BCUT2D eigenvalue weighted by molar-refractivity contribution is 6.31. The Hall–Kier alpha value is -2.61. The van der Waals surface area contributed by atoms with Crippen LogP contribution in [-0.2, 0) is 29.4 Å². The number of hydrogen-bond donors (Lipinski definition) is 1. The number of amides is 2. The van der Waals surface area contributed by atoms with Crippen molar-refractivity contribution in [1.82, 2.24) is 10.2 Å². The Morgan fingerprint density at radius 3 is 2.55 bits per heavy atom. The fourth-order valence-electron chi connectivity index (χ4n) is 3.45. The molecule has 0 aromatic heterocycles. The number of nitrogens with zero attached hydrogens (tertiary/aromatic N) is 1. The van der Waals surface area contributed by atoms with Crippen molar-refractivity contribution in [2.75, 3.05) is 13.6 Å². The zero-order chi connectivity index (χ0) is 21.6. The van der Waals surface area contributed by atoms with Gasteiger partial charge in [0, 0.05) is 37.9 Å². The van der Waals surface area contributed by atoms with E-state index in [0.717, 1.165) is 12.8 Å². The Morgan fingerprint density at radius 2 is 1.93 bits per heavy atom. The van der Waals surface area contributed by atoms with E-state index in [-0.39, 0.29) is 18.2 Å². The Labute approximate surface area is 174 Å². The number of carbonyl (C=O) groups excluding carboxylic acids is 4. The van der Waals surface area contributed by atoms with Crippen LogP contribution in [0.5, 0.6) is 0 Å². The molecule has 2 rings (SSSR count). The van der Waals surface area contributed by atoms with Gasteiger partial charge in [0.1, 0.15) is 12.1 Å². The van der Waals surface area contributed by atoms with Crippen molar-refractivity contribution in [2.24, 2.45) is 0 Å². The lowest BCUT2D eigenvalue weighted by molar-refractivity contribution is -0.167. The van der Waals surface area contributed by atoms with Gasteiger partial charge < -0.3 is 14.8 Å². The number of nitrogens with one attached hydrogen (secondary N) is 1. The Balaban J connectivity index is 2.17. The van der Waals surface area contributed by atoms with E-state index in [9.17, 15) is 19.2 Å². The third-order valence-electron chi connectivity index (χ3n) is 4.87. The Kier molecular flexibility index (Phi) is 7.61. The van der Waals surface area contributed by atoms with Gasteiger partial charge in [-0.15, -0.1) is 0 Å². The van der Waals surface area contributed by atoms with Gasteiger partial charge in [0.25, 0.3) is 0 Å². The third kappa shape index (κ3) is 5.26. The molecule has 1 saturated carbocycles. The van der Waals surface area contributed by atoms with Crippen LogP contribution in [0, 0.1) is 0 Å². The molecule has 0 aliphatic heterocycles. The lowest BCUT2D eigenvalue weighted by Crippen LogP contribution is -2.54. The second-order valence-electron chi connectivity index (χ2n) is 6.88. The summed E-state index contributed by atoms with van der Waals surface area (Å²) < 4.78 is 10.2. The summed E-state index contributed by atoms with van der Waals surface area (Å²) in [5.41, 5.74) is -0.700. The van der Waals surface area contributed by atoms with Crippen molar-refractivity contribution in [3.63, 3.8) is 0 Å². The van der Waals surface area contributed by atoms with E-state index in [1.807, 2.05) is 0 Å². The first-order valence-electron chi connectivity index (χ1n) is 9.35. The van der Waals surface area contributed by atoms with Crippen molar-refractivity contribution >= 4 is 35.4 Å². The molecule has 158 valence electrons. The molecule has 0 saturated heterocycles. The van der Waals surface area contributed by atoms with Crippen molar-refractivity contribution in [3.05, 3.63) is 34.9 Å². The van der Waals surface area contributed by atoms with Crippen LogP contribution in [0.15, 0.2) is 24.3 Å². The number of ether oxygens (including phenoxy) is 2. The number of benzene rings is 1. The number of halogens is 1. The maximum atomic E-state index is 13.0. The molecule has 1 aromatic carbocycles. The molecular weight excluding hydrogens is 400 g/mol. The maximum absolute atomic E-state index is 13.0. The quantitative estimate of drug-likeness (QED) is 0.556. The summed E-state index contributed by atoms with van der Waals surface area (Å²) >= 11 is 6.36. The van der Waals surface area contributed by atoms with Crippen LogP contribution < -0.4 is 5.32 Å². The average Bonchev–Trinajstić information content (AvgIpc) is 2.67. The fourth-order valence-corrected chi connectivity index (χ4v) is 3.75. The summed E-state index contributed by atoms with van der Waals surface area (Å²) in [6, 6.07) is 6.91. The van der Waals surface area contributed by atoms with Gasteiger partial charge >= 0.3 is 12.1 Å². The standard InChI is InChI=1S/C20H25ClN2O6/c1-13(24)22-12-18(26)28-14(2)29-19(27)23(3)20(11-7-6-10-17(20)25)15-8-4-5-9-16(15)21/h4-5,8-9,14H,6-7,10-12H2,1-3H3,(H,22,24)/t14?,20-/m0/s1. The highest BCUT2D eigenvalue weighted by atomic mass is 35.5. The second kappa shape index (κ2) is 9.73. The van der Waals surface area contributed by atoms with Crippen molar-refractivity contribution in [3.8, 4) is 0 Å². The van der Waals surface area contributed by atoms with Crippen molar-refractivity contribution < 1.29 is 28.7 Å². The zero-order valence-corrected chi connectivity index (χ0v) is 17.5. The first-order valence-corrected chi connectivity index (χ1v) is 9.73. The largest absolute Gasteiger partial charge is 0.424 e. The van der Waals surface area contributed by atoms with Crippen LogP contribution in [0.3, 0.4) is 0 Å². The number of hydrogen-bond acceptors (Lipinski definition) is 6. The first-order chi connectivity index (χ1) is 13.7. The molecule has 2 amide bonds. The molecule has 0 spiro atoms. The van der Waals surface area contributed by atoms with Gasteiger partial charge in [-0.3, -0.25) is 19.3 Å². The average molecular weight is 425 g/mol. The van der Waals surface area contributed by atoms with Crippen LogP contribution in [0.25, 0.3) is 0 Å². The molecule has 29 heavy (non-hydrogen) atoms. The van der Waals surface area contributed by atoms with E-state index in [1.165, 1.54) is 25.8 Å². The highest BCUT2D eigenvalue weighted by Gasteiger charge is 2.48. The third-order valence-corrected chi connectivity index (χ3v) is 5.20. The van der Waals surface area contributed by atoms with Crippen molar-refractivity contribution in [1.29, 1.82) is 0 Å². The molecule has 2 atom stereocenters. The highest BCUT2D eigenvalue weighted by Crippen LogP contribution is 2.42. The van der Waals surface area contributed by atoms with Crippen LogP contribution in [0.4, 0.5) is 4.79 Å². The van der Waals surface area contributed by atoms with Crippen molar-refractivity contribution in [2.45, 2.75) is 51.4 Å². The van der Waals surface area contributed by atoms with Gasteiger partial charge in [0.2, 0.25) is 12.2 Å². The molecule has 1 aliphatic carbocycles. The van der Waals surface area contributed by atoms with E-state index in [1.54, 1.807) is 24.3 Å². The summed E-state index contributed by atoms with van der Waals surface area (Å²) in [4.78, 5) is 49.5. The van der Waals surface area contributed by atoms with Crippen LogP contribution in [0.2, 0.25) is 5.02 Å². The molecule has 1 fully saturated rings. The van der Waals surface area contributed by atoms with E-state index in [0.29, 0.717) is 23.4 Å². The maximum Gasteiger partial charge on any atom is 0.413 e. The lowest BCUT2D eigenvalue weighted by Gasteiger charge is -2.43. The molecule has 0 bridgehead atoms.